The first-order valence-electron chi connectivity index (χ1n) is 8.96. The van der Waals surface area contributed by atoms with Crippen molar-refractivity contribution in [1.29, 1.82) is 0 Å². The first kappa shape index (κ1) is 18.1. The molecule has 6 nitrogen and oxygen atoms in total. The van der Waals surface area contributed by atoms with Gasteiger partial charge >= 0.3 is 6.03 Å². The molecule has 0 atom stereocenters. The number of hydrogen-bond acceptors (Lipinski definition) is 4. The number of nitrogens with zero attached hydrogens (tertiary/aromatic N) is 2. The van der Waals surface area contributed by atoms with Crippen LogP contribution < -0.4 is 15.4 Å². The molecule has 0 unspecified atom stereocenters. The molecule has 1 fully saturated rings. The number of benzene rings is 1. The number of carbonyl (C=O) groups excluding carboxylic acids is 1. The molecule has 7 heteroatoms. The normalized spacial score (nSPS) is 15.1. The molecule has 0 spiro atoms. The largest absolute Gasteiger partial charge is 0.470 e. The Kier molecular flexibility index (Phi) is 6.35. The van der Waals surface area contributed by atoms with Crippen LogP contribution in [0.5, 0.6) is 5.88 Å². The lowest BCUT2D eigenvalue weighted by atomic mass is 10.1. The van der Waals surface area contributed by atoms with Crippen LogP contribution in [0.1, 0.15) is 44.1 Å². The van der Waals surface area contributed by atoms with Crippen molar-refractivity contribution < 1.29 is 13.9 Å². The molecule has 2 N–H and O–H groups in total. The summed E-state index contributed by atoms with van der Waals surface area (Å²) in [6.07, 6.45) is 9.73. The average molecular weight is 358 g/mol. The maximum Gasteiger partial charge on any atom is 0.320 e. The lowest BCUT2D eigenvalue weighted by Crippen LogP contribution is -2.37. The van der Waals surface area contributed by atoms with Crippen LogP contribution in [0.4, 0.5) is 15.0 Å². The predicted octanol–water partition coefficient (Wildman–Crippen LogP) is 4.04. The highest BCUT2D eigenvalue weighted by molar-refractivity contribution is 5.89. The molecule has 0 saturated heterocycles. The van der Waals surface area contributed by atoms with Crippen LogP contribution in [0.15, 0.2) is 36.7 Å². The SMILES string of the molecule is O=C(Nc1nccnc1OCc1ccc(F)cc1)NC1CCCCCC1. The number of rotatable bonds is 5. The van der Waals surface area contributed by atoms with Crippen molar-refractivity contribution in [3.63, 3.8) is 0 Å². The van der Waals surface area contributed by atoms with Crippen molar-refractivity contribution in [2.75, 3.05) is 5.32 Å². The van der Waals surface area contributed by atoms with Gasteiger partial charge in [-0.05, 0) is 30.5 Å². The Balaban J connectivity index is 1.57. The fourth-order valence-corrected chi connectivity index (χ4v) is 3.00. The van der Waals surface area contributed by atoms with E-state index in [1.807, 2.05) is 0 Å². The zero-order valence-corrected chi connectivity index (χ0v) is 14.6. The average Bonchev–Trinajstić information content (AvgIpc) is 2.91. The lowest BCUT2D eigenvalue weighted by Gasteiger charge is -2.17. The summed E-state index contributed by atoms with van der Waals surface area (Å²) < 4.78 is 18.6. The number of halogens is 1. The zero-order chi connectivity index (χ0) is 18.2. The van der Waals surface area contributed by atoms with E-state index in [1.54, 1.807) is 12.1 Å². The van der Waals surface area contributed by atoms with Crippen LogP contribution in [0, 0.1) is 5.82 Å². The summed E-state index contributed by atoms with van der Waals surface area (Å²) in [5, 5.41) is 5.71. The summed E-state index contributed by atoms with van der Waals surface area (Å²) >= 11 is 0. The van der Waals surface area contributed by atoms with Gasteiger partial charge in [0, 0.05) is 18.4 Å². The van der Waals surface area contributed by atoms with Gasteiger partial charge < -0.3 is 10.1 Å². The van der Waals surface area contributed by atoms with Gasteiger partial charge in [0.1, 0.15) is 12.4 Å². The zero-order valence-electron chi connectivity index (χ0n) is 14.6. The predicted molar refractivity (Wildman–Crippen MR) is 96.4 cm³/mol. The van der Waals surface area contributed by atoms with Crippen molar-refractivity contribution in [2.45, 2.75) is 51.2 Å². The number of carbonyl (C=O) groups is 1. The molecule has 1 saturated carbocycles. The van der Waals surface area contributed by atoms with E-state index in [2.05, 4.69) is 20.6 Å². The molecule has 1 aromatic carbocycles. The number of nitrogens with one attached hydrogen (secondary N) is 2. The van der Waals surface area contributed by atoms with Gasteiger partial charge in [-0.3, -0.25) is 5.32 Å². The maximum atomic E-state index is 13.0. The molecule has 1 heterocycles. The number of amides is 2. The lowest BCUT2D eigenvalue weighted by molar-refractivity contribution is 0.246. The smallest absolute Gasteiger partial charge is 0.320 e. The highest BCUT2D eigenvalue weighted by Crippen LogP contribution is 2.20. The Hall–Kier alpha value is -2.70. The molecule has 2 amide bonds. The van der Waals surface area contributed by atoms with E-state index in [9.17, 15) is 9.18 Å². The summed E-state index contributed by atoms with van der Waals surface area (Å²) in [5.74, 6) is 0.194. The first-order chi connectivity index (χ1) is 12.7. The minimum absolute atomic E-state index is 0.192. The summed E-state index contributed by atoms with van der Waals surface area (Å²) in [6.45, 7) is 0.206. The molecule has 0 radical (unpaired) electrons. The highest BCUT2D eigenvalue weighted by atomic mass is 19.1. The molecule has 3 rings (SSSR count). The van der Waals surface area contributed by atoms with Gasteiger partial charge in [0.05, 0.1) is 0 Å². The second kappa shape index (κ2) is 9.12. The van der Waals surface area contributed by atoms with Crippen LogP contribution in [-0.4, -0.2) is 22.0 Å². The third-order valence-corrected chi connectivity index (χ3v) is 4.38. The molecule has 138 valence electrons. The van der Waals surface area contributed by atoms with E-state index in [4.69, 9.17) is 4.74 Å². The van der Waals surface area contributed by atoms with Crippen LogP contribution in [0.25, 0.3) is 0 Å². The third-order valence-electron chi connectivity index (χ3n) is 4.38. The van der Waals surface area contributed by atoms with Crippen LogP contribution in [0.2, 0.25) is 0 Å². The Morgan fingerprint density at radius 2 is 1.77 bits per heavy atom. The molecular weight excluding hydrogens is 335 g/mol. The van der Waals surface area contributed by atoms with E-state index in [-0.39, 0.29) is 36.2 Å². The Morgan fingerprint density at radius 3 is 2.50 bits per heavy atom. The standard InChI is InChI=1S/C19H23FN4O2/c20-15-9-7-14(8-10-15)13-26-18-17(21-11-12-22-18)24-19(25)23-16-5-3-1-2-4-6-16/h7-12,16H,1-6,13H2,(H2,21,23,24,25). The number of anilines is 1. The summed E-state index contributed by atoms with van der Waals surface area (Å²) in [7, 11) is 0. The molecule has 1 aromatic heterocycles. The molecule has 0 aliphatic heterocycles. The second-order valence-corrected chi connectivity index (χ2v) is 6.41. The summed E-state index contributed by atoms with van der Waals surface area (Å²) in [6, 6.07) is 5.90. The molecule has 0 bridgehead atoms. The van der Waals surface area contributed by atoms with Crippen LogP contribution in [0.3, 0.4) is 0 Å². The van der Waals surface area contributed by atoms with Gasteiger partial charge in [-0.25, -0.2) is 19.2 Å². The topological polar surface area (TPSA) is 76.1 Å². The van der Waals surface area contributed by atoms with Crippen molar-refractivity contribution >= 4 is 11.8 Å². The van der Waals surface area contributed by atoms with Crippen molar-refractivity contribution in [1.82, 2.24) is 15.3 Å². The van der Waals surface area contributed by atoms with Gasteiger partial charge in [0.25, 0.3) is 5.88 Å². The van der Waals surface area contributed by atoms with Gasteiger partial charge in [-0.15, -0.1) is 0 Å². The summed E-state index contributed by atoms with van der Waals surface area (Å²) in [5.41, 5.74) is 0.797. The fraction of sp³-hybridized carbons (Fsp3) is 0.421. The number of hydrogen-bond donors (Lipinski definition) is 2. The van der Waals surface area contributed by atoms with Gasteiger partial charge in [0.15, 0.2) is 5.82 Å². The highest BCUT2D eigenvalue weighted by Gasteiger charge is 2.16. The monoisotopic (exact) mass is 358 g/mol. The van der Waals surface area contributed by atoms with E-state index < -0.39 is 0 Å². The third kappa shape index (κ3) is 5.40. The quantitative estimate of drug-likeness (QED) is 0.791. The minimum atomic E-state index is -0.302. The molecule has 2 aromatic rings. The molecular formula is C19H23FN4O2. The van der Waals surface area contributed by atoms with Crippen molar-refractivity contribution in [3.8, 4) is 5.88 Å². The molecule has 1 aliphatic carbocycles. The Morgan fingerprint density at radius 1 is 1.08 bits per heavy atom. The number of ether oxygens (including phenoxy) is 1. The van der Waals surface area contributed by atoms with Crippen molar-refractivity contribution in [3.05, 3.63) is 48.0 Å². The van der Waals surface area contributed by atoms with Gasteiger partial charge in [-0.2, -0.15) is 0 Å². The van der Waals surface area contributed by atoms with Crippen LogP contribution >= 0.6 is 0 Å². The number of aromatic nitrogens is 2. The summed E-state index contributed by atoms with van der Waals surface area (Å²) in [4.78, 5) is 20.5. The number of urea groups is 1. The van der Waals surface area contributed by atoms with E-state index in [0.717, 1.165) is 31.2 Å². The van der Waals surface area contributed by atoms with Crippen LogP contribution in [-0.2, 0) is 6.61 Å². The Labute approximate surface area is 152 Å². The van der Waals surface area contributed by atoms with Crippen molar-refractivity contribution in [2.24, 2.45) is 0 Å². The van der Waals surface area contributed by atoms with Gasteiger partial charge in [0.2, 0.25) is 0 Å². The van der Waals surface area contributed by atoms with E-state index >= 15 is 0 Å². The fourth-order valence-electron chi connectivity index (χ4n) is 3.00. The first-order valence-corrected chi connectivity index (χ1v) is 8.96. The van der Waals surface area contributed by atoms with E-state index in [1.165, 1.54) is 37.4 Å². The van der Waals surface area contributed by atoms with Gasteiger partial charge in [-0.1, -0.05) is 37.8 Å². The molecule has 26 heavy (non-hydrogen) atoms. The Bertz CT molecular complexity index is 716. The maximum absolute atomic E-state index is 13.0. The minimum Gasteiger partial charge on any atom is -0.470 e. The van der Waals surface area contributed by atoms with E-state index in [0.29, 0.717) is 0 Å². The molecule has 1 aliphatic rings. The second-order valence-electron chi connectivity index (χ2n) is 6.41.